The normalized spacial score (nSPS) is 11.1. The molecule has 0 aliphatic carbocycles. The van der Waals surface area contributed by atoms with E-state index in [0.717, 1.165) is 28.9 Å². The summed E-state index contributed by atoms with van der Waals surface area (Å²) in [5.74, 6) is 0.988. The van der Waals surface area contributed by atoms with Gasteiger partial charge in [0.15, 0.2) is 11.2 Å². The molecule has 0 saturated carbocycles. The van der Waals surface area contributed by atoms with E-state index >= 15 is 0 Å². The van der Waals surface area contributed by atoms with E-state index < -0.39 is 0 Å². The van der Waals surface area contributed by atoms with Crippen molar-refractivity contribution in [2.24, 2.45) is 0 Å². The first kappa shape index (κ1) is 6.53. The van der Waals surface area contributed by atoms with Gasteiger partial charge in [-0.25, -0.2) is 0 Å². The Hall–Kier alpha value is -1.18. The van der Waals surface area contributed by atoms with Crippen LogP contribution in [0.25, 0.3) is 11.2 Å². The van der Waals surface area contributed by atoms with Gasteiger partial charge in [0.1, 0.15) is 5.76 Å². The molecular formula is C9H10O2. The minimum absolute atomic E-state index is 0.861. The van der Waals surface area contributed by atoms with Crippen LogP contribution < -0.4 is 0 Å². The fourth-order valence-corrected chi connectivity index (χ4v) is 1.16. The highest BCUT2D eigenvalue weighted by Crippen LogP contribution is 2.24. The minimum Gasteiger partial charge on any atom is -0.461 e. The molecule has 58 valence electrons. The van der Waals surface area contributed by atoms with E-state index in [9.17, 15) is 0 Å². The fraction of sp³-hybridized carbons (Fsp3) is 0.333. The van der Waals surface area contributed by atoms with Gasteiger partial charge in [0, 0.05) is 18.1 Å². The molecule has 0 aliphatic heterocycles. The van der Waals surface area contributed by atoms with Crippen LogP contribution in [0.3, 0.4) is 0 Å². The summed E-state index contributed by atoms with van der Waals surface area (Å²) >= 11 is 0. The van der Waals surface area contributed by atoms with E-state index in [1.54, 1.807) is 6.26 Å². The largest absolute Gasteiger partial charge is 0.461 e. The lowest BCUT2D eigenvalue weighted by atomic mass is 10.3. The second kappa shape index (κ2) is 2.16. The molecule has 0 radical (unpaired) electrons. The Balaban J connectivity index is 2.70. The van der Waals surface area contributed by atoms with Crippen molar-refractivity contribution in [3.05, 3.63) is 23.7 Å². The quantitative estimate of drug-likeness (QED) is 0.624. The maximum atomic E-state index is 5.49. The van der Waals surface area contributed by atoms with Crippen LogP contribution in [0.4, 0.5) is 0 Å². The number of furan rings is 2. The van der Waals surface area contributed by atoms with Crippen molar-refractivity contribution in [1.82, 2.24) is 0 Å². The summed E-state index contributed by atoms with van der Waals surface area (Å²) in [5.41, 5.74) is 2.82. The lowest BCUT2D eigenvalue weighted by Gasteiger charge is -1.83. The third-order valence-electron chi connectivity index (χ3n) is 1.82. The van der Waals surface area contributed by atoms with Gasteiger partial charge < -0.3 is 8.83 Å². The molecule has 0 spiro atoms. The Morgan fingerprint density at radius 1 is 1.45 bits per heavy atom. The van der Waals surface area contributed by atoms with E-state index in [1.807, 2.05) is 13.0 Å². The summed E-state index contributed by atoms with van der Waals surface area (Å²) in [4.78, 5) is 0. The summed E-state index contributed by atoms with van der Waals surface area (Å²) < 4.78 is 10.7. The number of hydrogen-bond donors (Lipinski definition) is 0. The van der Waals surface area contributed by atoms with Crippen molar-refractivity contribution in [3.63, 3.8) is 0 Å². The molecule has 0 aliphatic rings. The molecule has 0 amide bonds. The monoisotopic (exact) mass is 150 g/mol. The zero-order valence-electron chi connectivity index (χ0n) is 6.68. The van der Waals surface area contributed by atoms with Gasteiger partial charge in [0.2, 0.25) is 0 Å². The van der Waals surface area contributed by atoms with E-state index in [1.165, 1.54) is 0 Å². The number of rotatable bonds is 1. The minimum atomic E-state index is 0.861. The summed E-state index contributed by atoms with van der Waals surface area (Å²) in [5, 5.41) is 0. The Labute approximate surface area is 64.8 Å². The van der Waals surface area contributed by atoms with Gasteiger partial charge in [0.25, 0.3) is 0 Å². The van der Waals surface area contributed by atoms with E-state index in [-0.39, 0.29) is 0 Å². The zero-order chi connectivity index (χ0) is 7.84. The molecule has 2 rings (SSSR count). The molecule has 2 heteroatoms. The van der Waals surface area contributed by atoms with Gasteiger partial charge in [-0.1, -0.05) is 6.92 Å². The lowest BCUT2D eigenvalue weighted by Crippen LogP contribution is -1.68. The van der Waals surface area contributed by atoms with Gasteiger partial charge in [0.05, 0.1) is 6.26 Å². The van der Waals surface area contributed by atoms with Crippen LogP contribution in [0.1, 0.15) is 18.2 Å². The first-order valence-electron chi connectivity index (χ1n) is 3.77. The molecule has 2 aromatic heterocycles. The van der Waals surface area contributed by atoms with Crippen molar-refractivity contribution in [2.45, 2.75) is 20.3 Å². The molecule has 0 N–H and O–H groups in total. The van der Waals surface area contributed by atoms with Crippen molar-refractivity contribution >= 4 is 11.2 Å². The molecule has 11 heavy (non-hydrogen) atoms. The first-order valence-corrected chi connectivity index (χ1v) is 3.77. The predicted octanol–water partition coefficient (Wildman–Crippen LogP) is 2.90. The number of aryl methyl sites for hydroxylation is 2. The van der Waals surface area contributed by atoms with Crippen molar-refractivity contribution < 1.29 is 8.83 Å². The predicted molar refractivity (Wildman–Crippen MR) is 42.6 cm³/mol. The average molecular weight is 150 g/mol. The molecular weight excluding hydrogens is 140 g/mol. The van der Waals surface area contributed by atoms with Gasteiger partial charge in [-0.3, -0.25) is 0 Å². The maximum absolute atomic E-state index is 5.49. The molecule has 0 atom stereocenters. The molecule has 0 fully saturated rings. The third kappa shape index (κ3) is 0.862. The van der Waals surface area contributed by atoms with E-state index in [2.05, 4.69) is 6.92 Å². The number of fused-ring (bicyclic) bond motifs is 1. The van der Waals surface area contributed by atoms with Crippen molar-refractivity contribution in [1.29, 1.82) is 0 Å². The summed E-state index contributed by atoms with van der Waals surface area (Å²) in [6.45, 7) is 4.04. The van der Waals surface area contributed by atoms with Crippen molar-refractivity contribution in [3.8, 4) is 0 Å². The summed E-state index contributed by atoms with van der Waals surface area (Å²) in [6, 6.07) is 1.95. The summed E-state index contributed by atoms with van der Waals surface area (Å²) in [6.07, 6.45) is 2.64. The van der Waals surface area contributed by atoms with Gasteiger partial charge in [-0.2, -0.15) is 0 Å². The van der Waals surface area contributed by atoms with Gasteiger partial charge in [-0.15, -0.1) is 0 Å². The maximum Gasteiger partial charge on any atom is 0.175 e. The van der Waals surface area contributed by atoms with Crippen LogP contribution in [0.15, 0.2) is 21.2 Å². The summed E-state index contributed by atoms with van der Waals surface area (Å²) in [7, 11) is 0. The number of hydrogen-bond acceptors (Lipinski definition) is 2. The van der Waals surface area contributed by atoms with Crippen LogP contribution >= 0.6 is 0 Å². The fourth-order valence-electron chi connectivity index (χ4n) is 1.16. The molecule has 0 bridgehead atoms. The smallest absolute Gasteiger partial charge is 0.175 e. The molecule has 2 aromatic rings. The van der Waals surface area contributed by atoms with Crippen molar-refractivity contribution in [2.75, 3.05) is 0 Å². The molecule has 2 nitrogen and oxygen atoms in total. The molecule has 0 saturated heterocycles. The van der Waals surface area contributed by atoms with Crippen LogP contribution in [0, 0.1) is 6.92 Å². The molecule has 0 unspecified atom stereocenters. The third-order valence-corrected chi connectivity index (χ3v) is 1.82. The molecule has 0 aromatic carbocycles. The Kier molecular flexibility index (Phi) is 1.28. The van der Waals surface area contributed by atoms with E-state index in [0.29, 0.717) is 0 Å². The second-order valence-corrected chi connectivity index (χ2v) is 2.68. The van der Waals surface area contributed by atoms with Crippen LogP contribution in [-0.2, 0) is 6.42 Å². The van der Waals surface area contributed by atoms with E-state index in [4.69, 9.17) is 8.83 Å². The highest BCUT2D eigenvalue weighted by Gasteiger charge is 2.07. The lowest BCUT2D eigenvalue weighted by molar-refractivity contribution is 0.555. The highest BCUT2D eigenvalue weighted by molar-refractivity contribution is 5.75. The topological polar surface area (TPSA) is 26.3 Å². The van der Waals surface area contributed by atoms with Crippen LogP contribution in [0.5, 0.6) is 0 Å². The standard InChI is InChI=1S/C9H10O2/c1-3-7-4-8-9(11-7)6(2)5-10-8/h4-5H,3H2,1-2H3. The SMILES string of the molecule is CCc1cc2occ(C)c2o1. The first-order chi connectivity index (χ1) is 5.31. The second-order valence-electron chi connectivity index (χ2n) is 2.68. The molecule has 2 heterocycles. The van der Waals surface area contributed by atoms with Crippen LogP contribution in [0.2, 0.25) is 0 Å². The zero-order valence-corrected chi connectivity index (χ0v) is 6.68. The highest BCUT2D eigenvalue weighted by atomic mass is 16.4. The van der Waals surface area contributed by atoms with Gasteiger partial charge >= 0.3 is 0 Å². The van der Waals surface area contributed by atoms with Gasteiger partial charge in [-0.05, 0) is 6.92 Å². The Morgan fingerprint density at radius 2 is 2.27 bits per heavy atom. The Morgan fingerprint density at radius 3 is 2.91 bits per heavy atom. The van der Waals surface area contributed by atoms with Crippen LogP contribution in [-0.4, -0.2) is 0 Å². The Bertz CT molecular complexity index is 368. The average Bonchev–Trinajstić information content (AvgIpc) is 2.53.